The largest absolute Gasteiger partial charge is 0.341 e. The van der Waals surface area contributed by atoms with Crippen LogP contribution in [-0.2, 0) is 4.79 Å². The third kappa shape index (κ3) is 8.32. The summed E-state index contributed by atoms with van der Waals surface area (Å²) in [6, 6.07) is 8.82. The van der Waals surface area contributed by atoms with Crippen LogP contribution in [-0.4, -0.2) is 107 Å². The van der Waals surface area contributed by atoms with Crippen molar-refractivity contribution in [1.82, 2.24) is 40.0 Å². The normalized spacial score (nSPS) is 13.7. The summed E-state index contributed by atoms with van der Waals surface area (Å²) in [4.78, 5) is 34.0. The predicted molar refractivity (Wildman–Crippen MR) is 171 cm³/mol. The molecule has 0 radical (unpaired) electrons. The molecule has 3 aromatic heterocycles. The Hall–Kier alpha value is -3.38. The van der Waals surface area contributed by atoms with Gasteiger partial charge in [0.2, 0.25) is 6.41 Å². The van der Waals surface area contributed by atoms with Crippen LogP contribution in [0.3, 0.4) is 0 Å². The number of aromatic nitrogens is 4. The number of hydrogen-bond donors (Lipinski definition) is 3. The minimum absolute atomic E-state index is 0.639. The number of amides is 1. The molecule has 0 unspecified atom stereocenters. The number of nitrogens with zero attached hydrogens (tertiary/aromatic N) is 6. The van der Waals surface area contributed by atoms with Crippen molar-refractivity contribution in [2.75, 3.05) is 65.2 Å². The average molecular weight is 578 g/mol. The number of nitrogens with one attached hydrogen (secondary N) is 3. The molecule has 11 heteroatoms. The average Bonchev–Trinajstić information content (AvgIpc) is 3.64. The topological polar surface area (TPSA) is 105 Å². The fraction of sp³-hybridized carbons (Fsp3) is 0.467. The second-order valence-electron chi connectivity index (χ2n) is 10.5. The van der Waals surface area contributed by atoms with Crippen molar-refractivity contribution in [1.29, 1.82) is 0 Å². The Labute approximate surface area is 246 Å². The Morgan fingerprint density at radius 2 is 2.02 bits per heavy atom. The van der Waals surface area contributed by atoms with Gasteiger partial charge in [0.25, 0.3) is 0 Å². The summed E-state index contributed by atoms with van der Waals surface area (Å²) in [5, 5.41) is 7.50. The molecule has 4 heterocycles. The van der Waals surface area contributed by atoms with Gasteiger partial charge in [0.1, 0.15) is 17.8 Å². The molecule has 41 heavy (non-hydrogen) atoms. The zero-order valence-corrected chi connectivity index (χ0v) is 25.7. The van der Waals surface area contributed by atoms with Gasteiger partial charge in [-0.25, -0.2) is 15.0 Å². The number of benzene rings is 1. The van der Waals surface area contributed by atoms with Gasteiger partial charge in [0, 0.05) is 56.7 Å². The molecular weight excluding hydrogens is 534 g/mol. The molecule has 220 valence electrons. The summed E-state index contributed by atoms with van der Waals surface area (Å²) in [6.07, 6.45) is 5.36. The van der Waals surface area contributed by atoms with E-state index in [-0.39, 0.29) is 0 Å². The lowest BCUT2D eigenvalue weighted by Crippen LogP contribution is -2.38. The Morgan fingerprint density at radius 3 is 2.73 bits per heavy atom. The third-order valence-corrected chi connectivity index (χ3v) is 8.20. The molecule has 1 amide bonds. The molecule has 1 aromatic carbocycles. The summed E-state index contributed by atoms with van der Waals surface area (Å²) in [6.45, 7) is 13.8. The van der Waals surface area contributed by atoms with Gasteiger partial charge in [-0.3, -0.25) is 9.69 Å². The monoisotopic (exact) mass is 577 g/mol. The number of hydrogen-bond acceptors (Lipinski definition) is 9. The maximum atomic E-state index is 10.9. The molecule has 0 saturated heterocycles. The number of thiazole rings is 1. The minimum Gasteiger partial charge on any atom is -0.341 e. The first kappa shape index (κ1) is 30.6. The van der Waals surface area contributed by atoms with Gasteiger partial charge in [-0.2, -0.15) is 0 Å². The molecule has 3 N–H and O–H groups in total. The van der Waals surface area contributed by atoms with E-state index in [9.17, 15) is 4.79 Å². The molecule has 0 atom stereocenters. The van der Waals surface area contributed by atoms with E-state index in [2.05, 4.69) is 86.4 Å². The maximum absolute atomic E-state index is 10.9. The summed E-state index contributed by atoms with van der Waals surface area (Å²) in [5.74, 6) is 0.761. The van der Waals surface area contributed by atoms with Crippen LogP contribution in [0.15, 0.2) is 42.2 Å². The quantitative estimate of drug-likeness (QED) is 0.213. The zero-order valence-electron chi connectivity index (χ0n) is 24.9. The van der Waals surface area contributed by atoms with Crippen LogP contribution in [0.5, 0.6) is 0 Å². The number of aromatic amines is 1. The van der Waals surface area contributed by atoms with E-state index < -0.39 is 0 Å². The Balaban J connectivity index is 0.000000237. The van der Waals surface area contributed by atoms with E-state index in [0.29, 0.717) is 12.6 Å². The van der Waals surface area contributed by atoms with Crippen LogP contribution in [0.1, 0.15) is 32.9 Å². The second kappa shape index (κ2) is 15.0. The standard InChI is InChI=1S/C19H16N6OS.C11H27N3/c26-11-25-5-3-12(4-6-25)16-8-14-18(20-9-21-19(14)24-16)23-13-1-2-15-17(7-13)27-10-22-15;1-6-14(11(2)3)10-9-13(5)8-7-12-4/h1-3,7-11H,4-6H2,(H2,20,21,23,24);11-12H,6-10H2,1-5H3. The Morgan fingerprint density at radius 1 is 1.17 bits per heavy atom. The number of H-pyrrole nitrogens is 1. The molecule has 0 bridgehead atoms. The van der Waals surface area contributed by atoms with E-state index in [0.717, 1.165) is 84.0 Å². The summed E-state index contributed by atoms with van der Waals surface area (Å²) < 4.78 is 1.13. The summed E-state index contributed by atoms with van der Waals surface area (Å²) >= 11 is 1.61. The van der Waals surface area contributed by atoms with Crippen molar-refractivity contribution < 1.29 is 4.79 Å². The van der Waals surface area contributed by atoms with Gasteiger partial charge in [-0.05, 0) is 70.7 Å². The van der Waals surface area contributed by atoms with E-state index in [1.54, 1.807) is 22.6 Å². The molecule has 4 aromatic rings. The lowest BCUT2D eigenvalue weighted by atomic mass is 10.1. The highest BCUT2D eigenvalue weighted by atomic mass is 32.1. The van der Waals surface area contributed by atoms with E-state index in [1.807, 2.05) is 24.7 Å². The number of anilines is 2. The van der Waals surface area contributed by atoms with Crippen molar-refractivity contribution >= 4 is 56.1 Å². The lowest BCUT2D eigenvalue weighted by molar-refractivity contribution is -0.117. The first-order valence-electron chi connectivity index (χ1n) is 14.3. The molecule has 0 fully saturated rings. The molecule has 5 rings (SSSR count). The lowest BCUT2D eigenvalue weighted by Gasteiger charge is -2.27. The van der Waals surface area contributed by atoms with Crippen LogP contribution < -0.4 is 10.6 Å². The summed E-state index contributed by atoms with van der Waals surface area (Å²) in [7, 11) is 4.19. The number of carbonyl (C=O) groups is 1. The van der Waals surface area contributed by atoms with Gasteiger partial charge >= 0.3 is 0 Å². The first-order chi connectivity index (χ1) is 19.9. The number of fused-ring (bicyclic) bond motifs is 2. The van der Waals surface area contributed by atoms with Gasteiger partial charge in [0.05, 0.1) is 21.1 Å². The van der Waals surface area contributed by atoms with E-state index >= 15 is 0 Å². The van der Waals surface area contributed by atoms with Gasteiger partial charge < -0.3 is 25.4 Å². The van der Waals surface area contributed by atoms with Crippen molar-refractivity contribution in [3.8, 4) is 0 Å². The number of likely N-dealkylation sites (N-methyl/N-ethyl adjacent to an activating group) is 3. The SMILES string of the molecule is CCN(CCN(C)CCNC)C(C)C.O=CN1CC=C(c2cc3c(Nc4ccc5ncsc5c4)ncnc3[nH]2)CC1. The molecule has 1 aliphatic heterocycles. The van der Waals surface area contributed by atoms with Crippen LogP contribution >= 0.6 is 11.3 Å². The molecule has 1 aliphatic rings. The van der Waals surface area contributed by atoms with Gasteiger partial charge in [-0.15, -0.1) is 11.3 Å². The molecule has 0 spiro atoms. The van der Waals surface area contributed by atoms with Gasteiger partial charge in [0.15, 0.2) is 0 Å². The minimum atomic E-state index is 0.639. The van der Waals surface area contributed by atoms with Crippen LogP contribution in [0.2, 0.25) is 0 Å². The highest BCUT2D eigenvalue weighted by molar-refractivity contribution is 7.16. The fourth-order valence-electron chi connectivity index (χ4n) is 4.80. The molecule has 10 nitrogen and oxygen atoms in total. The number of carbonyl (C=O) groups excluding carboxylic acids is 1. The molecule has 0 aliphatic carbocycles. The molecule has 0 saturated carbocycles. The van der Waals surface area contributed by atoms with Crippen molar-refractivity contribution in [2.45, 2.75) is 33.2 Å². The van der Waals surface area contributed by atoms with Gasteiger partial charge in [-0.1, -0.05) is 13.0 Å². The highest BCUT2D eigenvalue weighted by Crippen LogP contribution is 2.30. The van der Waals surface area contributed by atoms with Crippen molar-refractivity contribution in [2.24, 2.45) is 0 Å². The highest BCUT2D eigenvalue weighted by Gasteiger charge is 2.15. The van der Waals surface area contributed by atoms with Crippen molar-refractivity contribution in [3.63, 3.8) is 0 Å². The Bertz CT molecular complexity index is 1430. The predicted octanol–water partition coefficient (Wildman–Crippen LogP) is 4.42. The zero-order chi connectivity index (χ0) is 29.2. The van der Waals surface area contributed by atoms with Crippen LogP contribution in [0.4, 0.5) is 11.5 Å². The maximum Gasteiger partial charge on any atom is 0.209 e. The first-order valence-corrected chi connectivity index (χ1v) is 15.2. The number of rotatable bonds is 12. The van der Waals surface area contributed by atoms with Crippen LogP contribution in [0.25, 0.3) is 26.8 Å². The van der Waals surface area contributed by atoms with E-state index in [1.165, 1.54) is 12.1 Å². The molecular formula is C30H43N9OS. The Kier molecular flexibility index (Phi) is 11.2. The third-order valence-electron chi connectivity index (χ3n) is 7.40. The fourth-order valence-corrected chi connectivity index (χ4v) is 5.52. The van der Waals surface area contributed by atoms with Crippen molar-refractivity contribution in [3.05, 3.63) is 47.9 Å². The van der Waals surface area contributed by atoms with E-state index in [4.69, 9.17) is 0 Å². The summed E-state index contributed by atoms with van der Waals surface area (Å²) in [5.41, 5.74) is 6.82. The smallest absolute Gasteiger partial charge is 0.209 e. The second-order valence-corrected chi connectivity index (χ2v) is 11.4. The van der Waals surface area contributed by atoms with Crippen LogP contribution in [0, 0.1) is 0 Å².